The zero-order chi connectivity index (χ0) is 14.1. The van der Waals surface area contributed by atoms with Gasteiger partial charge in [-0.25, -0.2) is 17.5 Å². The number of aliphatic hydroxyl groups is 1. The van der Waals surface area contributed by atoms with E-state index in [1.54, 1.807) is 0 Å². The molecule has 1 fully saturated rings. The third-order valence-electron chi connectivity index (χ3n) is 3.57. The first-order chi connectivity index (χ1) is 8.82. The van der Waals surface area contributed by atoms with Crippen LogP contribution in [0.25, 0.3) is 0 Å². The Labute approximate surface area is 112 Å². The average molecular weight is 287 g/mol. The molecule has 0 heterocycles. The number of halogens is 1. The van der Waals surface area contributed by atoms with Gasteiger partial charge in [0, 0.05) is 6.54 Å². The number of hydrogen-bond donors (Lipinski definition) is 2. The van der Waals surface area contributed by atoms with Gasteiger partial charge in [0.05, 0.1) is 10.5 Å². The molecule has 6 heteroatoms. The molecule has 1 aromatic rings. The SMILES string of the molecule is Cc1cc(S(=O)(=O)NCC2(O)CCCC2)ccc1F. The van der Waals surface area contributed by atoms with E-state index in [0.717, 1.165) is 18.9 Å². The maximum absolute atomic E-state index is 13.1. The summed E-state index contributed by atoms with van der Waals surface area (Å²) in [6.07, 6.45) is 3.04. The molecule has 1 aliphatic rings. The Balaban J connectivity index is 2.11. The highest BCUT2D eigenvalue weighted by Crippen LogP contribution is 2.29. The Morgan fingerprint density at radius 3 is 2.58 bits per heavy atom. The topological polar surface area (TPSA) is 66.4 Å². The molecule has 0 radical (unpaired) electrons. The number of hydrogen-bond acceptors (Lipinski definition) is 3. The molecule has 0 bridgehead atoms. The first-order valence-corrected chi connectivity index (χ1v) is 7.79. The van der Waals surface area contributed by atoms with E-state index in [4.69, 9.17) is 0 Å². The van der Waals surface area contributed by atoms with Crippen LogP contribution in [0.3, 0.4) is 0 Å². The van der Waals surface area contributed by atoms with Crippen LogP contribution in [0.1, 0.15) is 31.2 Å². The average Bonchev–Trinajstić information content (AvgIpc) is 2.78. The summed E-state index contributed by atoms with van der Waals surface area (Å²) in [6.45, 7) is 1.52. The second kappa shape index (κ2) is 5.19. The molecule has 0 aliphatic heterocycles. The third kappa shape index (κ3) is 3.32. The van der Waals surface area contributed by atoms with Crippen molar-refractivity contribution in [1.29, 1.82) is 0 Å². The van der Waals surface area contributed by atoms with E-state index in [0.29, 0.717) is 12.8 Å². The Morgan fingerprint density at radius 1 is 1.37 bits per heavy atom. The van der Waals surface area contributed by atoms with Gasteiger partial charge in [-0.15, -0.1) is 0 Å². The van der Waals surface area contributed by atoms with Crippen LogP contribution in [0, 0.1) is 12.7 Å². The molecular weight excluding hydrogens is 269 g/mol. The van der Waals surface area contributed by atoms with Gasteiger partial charge in [0.15, 0.2) is 0 Å². The Bertz CT molecular complexity index is 565. The molecule has 0 saturated heterocycles. The Kier molecular flexibility index (Phi) is 3.94. The van der Waals surface area contributed by atoms with Gasteiger partial charge >= 0.3 is 0 Å². The lowest BCUT2D eigenvalue weighted by atomic mass is 10.0. The number of nitrogens with one attached hydrogen (secondary N) is 1. The maximum atomic E-state index is 13.1. The molecule has 106 valence electrons. The predicted molar refractivity (Wildman–Crippen MR) is 69.7 cm³/mol. The standard InChI is InChI=1S/C13H18FNO3S/c1-10-8-11(4-5-12(10)14)19(17,18)15-9-13(16)6-2-3-7-13/h4-5,8,15-16H,2-3,6-7,9H2,1H3. The number of benzene rings is 1. The van der Waals surface area contributed by atoms with Crippen molar-refractivity contribution in [1.82, 2.24) is 4.72 Å². The lowest BCUT2D eigenvalue weighted by molar-refractivity contribution is 0.0532. The van der Waals surface area contributed by atoms with Crippen molar-refractivity contribution in [2.75, 3.05) is 6.54 Å². The van der Waals surface area contributed by atoms with Crippen LogP contribution in [0.4, 0.5) is 4.39 Å². The van der Waals surface area contributed by atoms with Gasteiger partial charge in [-0.1, -0.05) is 12.8 Å². The van der Waals surface area contributed by atoms with Crippen LogP contribution in [0.5, 0.6) is 0 Å². The largest absolute Gasteiger partial charge is 0.389 e. The zero-order valence-electron chi connectivity index (χ0n) is 10.8. The highest BCUT2D eigenvalue weighted by Gasteiger charge is 2.32. The van der Waals surface area contributed by atoms with E-state index in [2.05, 4.69) is 4.72 Å². The number of aryl methyl sites for hydroxylation is 1. The van der Waals surface area contributed by atoms with Crippen molar-refractivity contribution in [3.63, 3.8) is 0 Å². The van der Waals surface area contributed by atoms with Crippen LogP contribution in [-0.4, -0.2) is 25.7 Å². The smallest absolute Gasteiger partial charge is 0.240 e. The van der Waals surface area contributed by atoms with Crippen molar-refractivity contribution in [2.24, 2.45) is 0 Å². The summed E-state index contributed by atoms with van der Waals surface area (Å²) in [5.41, 5.74) is -0.662. The van der Waals surface area contributed by atoms with Crippen molar-refractivity contribution in [3.05, 3.63) is 29.6 Å². The molecule has 4 nitrogen and oxygen atoms in total. The second-order valence-corrected chi connectivity index (χ2v) is 6.93. The molecule has 1 aliphatic carbocycles. The van der Waals surface area contributed by atoms with Gasteiger partial charge < -0.3 is 5.11 Å². The monoisotopic (exact) mass is 287 g/mol. The number of rotatable bonds is 4. The van der Waals surface area contributed by atoms with Gasteiger partial charge in [-0.2, -0.15) is 0 Å². The van der Waals surface area contributed by atoms with Crippen molar-refractivity contribution >= 4 is 10.0 Å². The molecule has 0 aromatic heterocycles. The van der Waals surface area contributed by atoms with Crippen LogP contribution in [0.15, 0.2) is 23.1 Å². The van der Waals surface area contributed by atoms with Gasteiger partial charge in [-0.3, -0.25) is 0 Å². The highest BCUT2D eigenvalue weighted by atomic mass is 32.2. The van der Waals surface area contributed by atoms with E-state index in [1.807, 2.05) is 0 Å². The molecule has 2 rings (SSSR count). The quantitative estimate of drug-likeness (QED) is 0.886. The molecular formula is C13H18FNO3S. The first kappa shape index (κ1) is 14.4. The summed E-state index contributed by atoms with van der Waals surface area (Å²) >= 11 is 0. The van der Waals surface area contributed by atoms with Gasteiger partial charge in [0.25, 0.3) is 0 Å². The minimum atomic E-state index is -3.70. The van der Waals surface area contributed by atoms with Gasteiger partial charge in [-0.05, 0) is 43.5 Å². The van der Waals surface area contributed by atoms with Crippen molar-refractivity contribution < 1.29 is 17.9 Å². The summed E-state index contributed by atoms with van der Waals surface area (Å²) < 4.78 is 39.6. The second-order valence-electron chi connectivity index (χ2n) is 5.17. The van der Waals surface area contributed by atoms with E-state index in [9.17, 15) is 17.9 Å². The number of sulfonamides is 1. The maximum Gasteiger partial charge on any atom is 0.240 e. The summed E-state index contributed by atoms with van der Waals surface area (Å²) in [7, 11) is -3.70. The lowest BCUT2D eigenvalue weighted by Crippen LogP contribution is -2.40. The van der Waals surface area contributed by atoms with Crippen molar-refractivity contribution in [3.8, 4) is 0 Å². The molecule has 1 saturated carbocycles. The molecule has 1 aromatic carbocycles. The highest BCUT2D eigenvalue weighted by molar-refractivity contribution is 7.89. The molecule has 0 atom stereocenters. The Hall–Kier alpha value is -0.980. The molecule has 0 amide bonds. The Morgan fingerprint density at radius 2 is 2.00 bits per heavy atom. The first-order valence-electron chi connectivity index (χ1n) is 6.31. The molecule has 0 unspecified atom stereocenters. The summed E-state index contributed by atoms with van der Waals surface area (Å²) in [5.74, 6) is -0.437. The fraction of sp³-hybridized carbons (Fsp3) is 0.538. The fourth-order valence-electron chi connectivity index (χ4n) is 2.31. The van der Waals surface area contributed by atoms with Crippen LogP contribution in [-0.2, 0) is 10.0 Å². The van der Waals surface area contributed by atoms with E-state index in [1.165, 1.54) is 19.1 Å². The normalized spacial score (nSPS) is 18.7. The van der Waals surface area contributed by atoms with E-state index < -0.39 is 21.4 Å². The van der Waals surface area contributed by atoms with Crippen LogP contribution < -0.4 is 4.72 Å². The lowest BCUT2D eigenvalue weighted by Gasteiger charge is -2.22. The molecule has 19 heavy (non-hydrogen) atoms. The summed E-state index contributed by atoms with van der Waals surface area (Å²) in [6, 6.07) is 3.65. The minimum absolute atomic E-state index is 0.00571. The zero-order valence-corrected chi connectivity index (χ0v) is 11.6. The van der Waals surface area contributed by atoms with Crippen LogP contribution in [0.2, 0.25) is 0 Å². The van der Waals surface area contributed by atoms with E-state index in [-0.39, 0.29) is 17.0 Å². The summed E-state index contributed by atoms with van der Waals surface area (Å²) in [5, 5.41) is 10.1. The minimum Gasteiger partial charge on any atom is -0.389 e. The van der Waals surface area contributed by atoms with Crippen molar-refractivity contribution in [2.45, 2.75) is 43.1 Å². The van der Waals surface area contributed by atoms with Gasteiger partial charge in [0.2, 0.25) is 10.0 Å². The van der Waals surface area contributed by atoms with E-state index >= 15 is 0 Å². The summed E-state index contributed by atoms with van der Waals surface area (Å²) in [4.78, 5) is 0.0213. The fourth-order valence-corrected chi connectivity index (χ4v) is 3.51. The third-order valence-corrected chi connectivity index (χ3v) is 4.96. The van der Waals surface area contributed by atoms with Gasteiger partial charge in [0.1, 0.15) is 5.82 Å². The predicted octanol–water partition coefficient (Wildman–Crippen LogP) is 1.72. The molecule has 2 N–H and O–H groups in total. The van der Waals surface area contributed by atoms with Crippen LogP contribution >= 0.6 is 0 Å². The molecule has 0 spiro atoms.